The molecule has 0 aliphatic carbocycles. The van der Waals surface area contributed by atoms with E-state index in [9.17, 15) is 12.8 Å². The van der Waals surface area contributed by atoms with Crippen molar-refractivity contribution < 1.29 is 12.8 Å². The maximum atomic E-state index is 13.3. The highest BCUT2D eigenvalue weighted by Crippen LogP contribution is 2.25. The van der Waals surface area contributed by atoms with Gasteiger partial charge in [-0.15, -0.1) is 0 Å². The summed E-state index contributed by atoms with van der Waals surface area (Å²) in [5, 5.41) is 0. The molecule has 0 spiro atoms. The molecule has 1 aliphatic heterocycles. The number of nitrogens with one attached hydrogen (secondary N) is 1. The average Bonchev–Trinajstić information content (AvgIpc) is 2.62. The Morgan fingerprint density at radius 3 is 2.33 bits per heavy atom. The number of rotatable bonds is 5. The van der Waals surface area contributed by atoms with Gasteiger partial charge in [0, 0.05) is 24.8 Å². The van der Waals surface area contributed by atoms with Crippen molar-refractivity contribution in [3.63, 3.8) is 0 Å². The molecule has 3 rings (SSSR count). The fraction of sp³-hybridized carbons (Fsp3) is 0.429. The Morgan fingerprint density at radius 1 is 1.11 bits per heavy atom. The van der Waals surface area contributed by atoms with Crippen LogP contribution in [0.2, 0.25) is 0 Å². The van der Waals surface area contributed by atoms with Crippen LogP contribution in [0.3, 0.4) is 0 Å². The van der Waals surface area contributed by atoms with Gasteiger partial charge in [0.2, 0.25) is 10.0 Å². The second-order valence-electron chi connectivity index (χ2n) is 7.51. The van der Waals surface area contributed by atoms with Crippen molar-refractivity contribution in [2.45, 2.75) is 44.6 Å². The number of benzene rings is 2. The fourth-order valence-corrected chi connectivity index (χ4v) is 4.98. The van der Waals surface area contributed by atoms with Crippen molar-refractivity contribution in [2.24, 2.45) is 5.92 Å². The minimum absolute atomic E-state index is 0.106. The third-order valence-corrected chi connectivity index (χ3v) is 7.00. The van der Waals surface area contributed by atoms with Gasteiger partial charge in [0.05, 0.1) is 4.90 Å². The first-order chi connectivity index (χ1) is 12.8. The molecule has 1 saturated heterocycles. The summed E-state index contributed by atoms with van der Waals surface area (Å²) >= 11 is 0. The van der Waals surface area contributed by atoms with E-state index in [0.29, 0.717) is 5.56 Å². The van der Waals surface area contributed by atoms with Gasteiger partial charge >= 0.3 is 0 Å². The summed E-state index contributed by atoms with van der Waals surface area (Å²) in [5.74, 6) is 0.340. The van der Waals surface area contributed by atoms with Crippen molar-refractivity contribution in [1.82, 2.24) is 4.72 Å². The Balaban J connectivity index is 1.71. The molecule has 0 radical (unpaired) electrons. The lowest BCUT2D eigenvalue weighted by Gasteiger charge is -2.32. The molecule has 1 aliphatic rings. The minimum atomic E-state index is -3.72. The van der Waals surface area contributed by atoms with Gasteiger partial charge in [0.25, 0.3) is 0 Å². The number of halogens is 1. The summed E-state index contributed by atoms with van der Waals surface area (Å²) in [6.07, 6.45) is 2.41. The molecule has 1 atom stereocenters. The fourth-order valence-electron chi connectivity index (χ4n) is 3.52. The molecule has 4 nitrogen and oxygen atoms in total. The van der Waals surface area contributed by atoms with Crippen LogP contribution < -0.4 is 9.62 Å². The first-order valence-electron chi connectivity index (χ1n) is 9.39. The predicted molar refractivity (Wildman–Crippen MR) is 107 cm³/mol. The lowest BCUT2D eigenvalue weighted by atomic mass is 9.98. The van der Waals surface area contributed by atoms with Crippen LogP contribution in [-0.2, 0) is 10.0 Å². The monoisotopic (exact) mass is 390 g/mol. The van der Waals surface area contributed by atoms with E-state index < -0.39 is 15.8 Å². The second kappa shape index (κ2) is 7.98. The number of aryl methyl sites for hydroxylation is 1. The van der Waals surface area contributed by atoms with Crippen LogP contribution in [0.4, 0.5) is 10.1 Å². The van der Waals surface area contributed by atoms with Gasteiger partial charge in [-0.05, 0) is 74.1 Å². The molecule has 0 unspecified atom stereocenters. The topological polar surface area (TPSA) is 49.4 Å². The van der Waals surface area contributed by atoms with E-state index >= 15 is 0 Å². The van der Waals surface area contributed by atoms with E-state index in [-0.39, 0.29) is 10.9 Å². The molecule has 0 saturated carbocycles. The van der Waals surface area contributed by atoms with Crippen molar-refractivity contribution in [1.29, 1.82) is 0 Å². The van der Waals surface area contributed by atoms with E-state index in [1.54, 1.807) is 6.92 Å². The standard InChI is InChI=1S/C21H27FN2O2S/c1-15-10-12-24(13-11-15)20-7-4-18(5-8-20)17(3)23-27(25,26)21-9-6-19(22)14-16(21)2/h4-9,14-15,17,23H,10-13H2,1-3H3/t17-/m0/s1. The molecule has 1 N–H and O–H groups in total. The Hall–Kier alpha value is -1.92. The molecular formula is C21H27FN2O2S. The molecule has 27 heavy (non-hydrogen) atoms. The zero-order valence-electron chi connectivity index (χ0n) is 16.1. The minimum Gasteiger partial charge on any atom is -0.372 e. The predicted octanol–water partition coefficient (Wildman–Crippen LogP) is 4.41. The van der Waals surface area contributed by atoms with Crippen LogP contribution in [-0.4, -0.2) is 21.5 Å². The molecule has 146 valence electrons. The molecule has 6 heteroatoms. The molecule has 2 aromatic carbocycles. The Morgan fingerprint density at radius 2 is 1.74 bits per heavy atom. The maximum absolute atomic E-state index is 13.3. The molecule has 2 aromatic rings. The van der Waals surface area contributed by atoms with E-state index in [1.165, 1.54) is 36.7 Å². The van der Waals surface area contributed by atoms with E-state index in [2.05, 4.69) is 28.7 Å². The normalized spacial score (nSPS) is 17.1. The van der Waals surface area contributed by atoms with Gasteiger partial charge in [-0.1, -0.05) is 19.1 Å². The van der Waals surface area contributed by atoms with Crippen molar-refractivity contribution >= 4 is 15.7 Å². The SMILES string of the molecule is Cc1cc(F)ccc1S(=O)(=O)N[C@@H](C)c1ccc(N2CCC(C)CC2)cc1. The lowest BCUT2D eigenvalue weighted by Crippen LogP contribution is -2.32. The summed E-state index contributed by atoms with van der Waals surface area (Å²) in [6.45, 7) is 7.82. The highest BCUT2D eigenvalue weighted by atomic mass is 32.2. The highest BCUT2D eigenvalue weighted by molar-refractivity contribution is 7.89. The first-order valence-corrected chi connectivity index (χ1v) is 10.9. The second-order valence-corrected chi connectivity index (χ2v) is 9.20. The van der Waals surface area contributed by atoms with Crippen molar-refractivity contribution in [3.8, 4) is 0 Å². The van der Waals surface area contributed by atoms with Gasteiger partial charge in [0.1, 0.15) is 5.82 Å². The van der Waals surface area contributed by atoms with Crippen LogP contribution in [0.5, 0.6) is 0 Å². The molecule has 0 aromatic heterocycles. The lowest BCUT2D eigenvalue weighted by molar-refractivity contribution is 0.438. The Kier molecular flexibility index (Phi) is 5.86. The van der Waals surface area contributed by atoms with Gasteiger partial charge in [-0.25, -0.2) is 17.5 Å². The summed E-state index contributed by atoms with van der Waals surface area (Å²) in [6, 6.07) is 11.4. The van der Waals surface area contributed by atoms with E-state index in [4.69, 9.17) is 0 Å². The van der Waals surface area contributed by atoms with Crippen molar-refractivity contribution in [2.75, 3.05) is 18.0 Å². The Bertz CT molecular complexity index is 889. The van der Waals surface area contributed by atoms with E-state index in [0.717, 1.165) is 24.6 Å². The first kappa shape index (κ1) is 19.8. The smallest absolute Gasteiger partial charge is 0.241 e. The quantitative estimate of drug-likeness (QED) is 0.823. The summed E-state index contributed by atoms with van der Waals surface area (Å²) in [7, 11) is -3.72. The van der Waals surface area contributed by atoms with Crippen LogP contribution >= 0.6 is 0 Å². The highest BCUT2D eigenvalue weighted by Gasteiger charge is 2.21. The number of hydrogen-bond donors (Lipinski definition) is 1. The summed E-state index contributed by atoms with van der Waals surface area (Å²) in [4.78, 5) is 2.48. The molecule has 1 fully saturated rings. The van der Waals surface area contributed by atoms with Crippen LogP contribution in [0.25, 0.3) is 0 Å². The van der Waals surface area contributed by atoms with Gasteiger partial charge in [0.15, 0.2) is 0 Å². The van der Waals surface area contributed by atoms with Crippen molar-refractivity contribution in [3.05, 3.63) is 59.4 Å². The zero-order valence-corrected chi connectivity index (χ0v) is 16.9. The van der Waals surface area contributed by atoms with Crippen LogP contribution in [0, 0.1) is 18.7 Å². The van der Waals surface area contributed by atoms with Gasteiger partial charge in [-0.3, -0.25) is 0 Å². The molecule has 1 heterocycles. The molecule has 0 amide bonds. The van der Waals surface area contributed by atoms with Crippen LogP contribution in [0.1, 0.15) is 43.9 Å². The number of piperidine rings is 1. The average molecular weight is 391 g/mol. The molecular weight excluding hydrogens is 363 g/mol. The number of nitrogens with zero attached hydrogens (tertiary/aromatic N) is 1. The third kappa shape index (κ3) is 4.68. The van der Waals surface area contributed by atoms with Crippen LogP contribution in [0.15, 0.2) is 47.4 Å². The summed E-state index contributed by atoms with van der Waals surface area (Å²) in [5.41, 5.74) is 2.46. The zero-order chi connectivity index (χ0) is 19.6. The molecule has 0 bridgehead atoms. The number of anilines is 1. The third-order valence-electron chi connectivity index (χ3n) is 5.30. The maximum Gasteiger partial charge on any atom is 0.241 e. The largest absolute Gasteiger partial charge is 0.372 e. The number of sulfonamides is 1. The number of hydrogen-bond acceptors (Lipinski definition) is 3. The van der Waals surface area contributed by atoms with E-state index in [1.807, 2.05) is 19.1 Å². The van der Waals surface area contributed by atoms with Gasteiger partial charge < -0.3 is 4.90 Å². The van der Waals surface area contributed by atoms with Gasteiger partial charge in [-0.2, -0.15) is 0 Å². The Labute approximate surface area is 161 Å². The summed E-state index contributed by atoms with van der Waals surface area (Å²) < 4.78 is 41.2.